The minimum atomic E-state index is 0.133. The predicted octanol–water partition coefficient (Wildman–Crippen LogP) is 2.82. The highest BCUT2D eigenvalue weighted by Crippen LogP contribution is 2.22. The Hall–Kier alpha value is -0.870. The molecule has 0 bridgehead atoms. The van der Waals surface area contributed by atoms with E-state index >= 15 is 0 Å². The molecule has 0 aromatic carbocycles. The highest BCUT2D eigenvalue weighted by molar-refractivity contribution is 6.30. The maximum absolute atomic E-state index is 9.15. The number of nitrogens with one attached hydrogen (secondary N) is 1. The largest absolute Gasteiger partial charge is 0.396 e. The molecule has 0 amide bonds. The summed E-state index contributed by atoms with van der Waals surface area (Å²) in [4.78, 5) is 8.75. The van der Waals surface area contributed by atoms with Gasteiger partial charge in [0.25, 0.3) is 0 Å². The number of hydrogen-bond donors (Lipinski definition) is 2. The Labute approximate surface area is 114 Å². The summed E-state index contributed by atoms with van der Waals surface area (Å²) in [7, 11) is 0. The maximum atomic E-state index is 9.15. The number of aliphatic hydroxyl groups excluding tert-OH is 1. The van der Waals surface area contributed by atoms with Gasteiger partial charge in [-0.25, -0.2) is 9.97 Å². The summed E-state index contributed by atoms with van der Waals surface area (Å²) in [5.74, 6) is 1.69. The molecule has 18 heavy (non-hydrogen) atoms. The average Bonchev–Trinajstić information content (AvgIpc) is 2.34. The molecular weight excluding hydrogens is 250 g/mol. The van der Waals surface area contributed by atoms with Crippen molar-refractivity contribution >= 4 is 17.4 Å². The van der Waals surface area contributed by atoms with Gasteiger partial charge in [-0.05, 0) is 26.2 Å². The summed E-state index contributed by atoms with van der Waals surface area (Å²) in [5.41, 5.74) is 0.855. The van der Waals surface area contributed by atoms with E-state index in [4.69, 9.17) is 16.7 Å². The molecule has 102 valence electrons. The molecule has 1 aromatic heterocycles. The second-order valence-electron chi connectivity index (χ2n) is 4.75. The van der Waals surface area contributed by atoms with Gasteiger partial charge in [0.05, 0.1) is 0 Å². The number of halogens is 1. The minimum absolute atomic E-state index is 0.133. The maximum Gasteiger partial charge on any atom is 0.137 e. The molecular formula is C13H22ClN3O. The van der Waals surface area contributed by atoms with Crippen LogP contribution in [0.25, 0.3) is 0 Å². The smallest absolute Gasteiger partial charge is 0.137 e. The van der Waals surface area contributed by atoms with Crippen molar-refractivity contribution < 1.29 is 5.11 Å². The van der Waals surface area contributed by atoms with Gasteiger partial charge >= 0.3 is 0 Å². The van der Waals surface area contributed by atoms with Gasteiger partial charge in [-0.3, -0.25) is 0 Å². The van der Waals surface area contributed by atoms with E-state index in [0.717, 1.165) is 30.0 Å². The third kappa shape index (κ3) is 3.82. The molecule has 1 heterocycles. The van der Waals surface area contributed by atoms with Crippen LogP contribution in [-0.4, -0.2) is 27.7 Å². The third-order valence-electron chi connectivity index (χ3n) is 3.11. The van der Waals surface area contributed by atoms with E-state index in [1.165, 1.54) is 0 Å². The zero-order valence-electron chi connectivity index (χ0n) is 11.5. The first kappa shape index (κ1) is 15.2. The van der Waals surface area contributed by atoms with E-state index in [0.29, 0.717) is 5.15 Å². The lowest BCUT2D eigenvalue weighted by Crippen LogP contribution is -2.27. The molecule has 2 atom stereocenters. The first-order valence-corrected chi connectivity index (χ1v) is 6.77. The molecule has 1 rings (SSSR count). The fourth-order valence-corrected chi connectivity index (χ4v) is 1.71. The highest BCUT2D eigenvalue weighted by atomic mass is 35.5. The Morgan fingerprint density at radius 2 is 2.00 bits per heavy atom. The zero-order chi connectivity index (χ0) is 13.7. The first-order chi connectivity index (χ1) is 8.49. The van der Waals surface area contributed by atoms with Gasteiger partial charge in [-0.15, -0.1) is 0 Å². The Balaban J connectivity index is 2.93. The molecule has 4 nitrogen and oxygen atoms in total. The van der Waals surface area contributed by atoms with E-state index in [2.05, 4.69) is 22.2 Å². The van der Waals surface area contributed by atoms with Gasteiger partial charge in [0.2, 0.25) is 0 Å². The van der Waals surface area contributed by atoms with E-state index in [1.54, 1.807) is 0 Å². The third-order valence-corrected chi connectivity index (χ3v) is 3.48. The van der Waals surface area contributed by atoms with E-state index in [9.17, 15) is 0 Å². The normalized spacial score (nSPS) is 14.3. The van der Waals surface area contributed by atoms with Crippen LogP contribution in [0.1, 0.15) is 38.6 Å². The molecule has 0 saturated carbocycles. The van der Waals surface area contributed by atoms with Crippen LogP contribution in [0.4, 0.5) is 5.82 Å². The van der Waals surface area contributed by atoms with Crippen LogP contribution in [0, 0.1) is 12.8 Å². The minimum Gasteiger partial charge on any atom is -0.396 e. The van der Waals surface area contributed by atoms with E-state index < -0.39 is 0 Å². The van der Waals surface area contributed by atoms with Gasteiger partial charge in [0, 0.05) is 24.6 Å². The molecule has 2 unspecified atom stereocenters. The molecule has 0 aliphatic heterocycles. The van der Waals surface area contributed by atoms with Crippen LogP contribution in [0.5, 0.6) is 0 Å². The number of anilines is 1. The predicted molar refractivity (Wildman–Crippen MR) is 75.1 cm³/mol. The van der Waals surface area contributed by atoms with Crippen LogP contribution in [0.3, 0.4) is 0 Å². The lowest BCUT2D eigenvalue weighted by Gasteiger charge is -2.21. The van der Waals surface area contributed by atoms with Crippen LogP contribution in [0.2, 0.25) is 5.15 Å². The number of aliphatic hydroxyl groups is 1. The summed E-state index contributed by atoms with van der Waals surface area (Å²) < 4.78 is 0. The van der Waals surface area contributed by atoms with Gasteiger partial charge in [-0.2, -0.15) is 0 Å². The van der Waals surface area contributed by atoms with Gasteiger partial charge in [0.15, 0.2) is 0 Å². The molecule has 0 fully saturated rings. The summed E-state index contributed by atoms with van der Waals surface area (Å²) >= 11 is 6.11. The lowest BCUT2D eigenvalue weighted by atomic mass is 10.1. The fourth-order valence-electron chi connectivity index (χ4n) is 1.52. The monoisotopic (exact) mass is 271 g/mol. The van der Waals surface area contributed by atoms with Crippen molar-refractivity contribution in [3.63, 3.8) is 0 Å². The van der Waals surface area contributed by atoms with Crippen molar-refractivity contribution in [2.45, 2.75) is 46.6 Å². The van der Waals surface area contributed by atoms with E-state index in [-0.39, 0.29) is 18.6 Å². The number of aromatic nitrogens is 2. The van der Waals surface area contributed by atoms with Gasteiger partial charge in [0.1, 0.15) is 16.8 Å². The Morgan fingerprint density at radius 3 is 2.56 bits per heavy atom. The summed E-state index contributed by atoms with van der Waals surface area (Å²) in [6.45, 7) is 8.14. The van der Waals surface area contributed by atoms with Crippen LogP contribution in [0.15, 0.2) is 0 Å². The highest BCUT2D eigenvalue weighted by Gasteiger charge is 2.15. The van der Waals surface area contributed by atoms with Gasteiger partial charge in [-0.1, -0.05) is 25.4 Å². The molecule has 0 aliphatic rings. The van der Waals surface area contributed by atoms with Crippen LogP contribution < -0.4 is 5.32 Å². The van der Waals surface area contributed by atoms with Gasteiger partial charge < -0.3 is 10.4 Å². The molecule has 0 saturated heterocycles. The molecule has 5 heteroatoms. The quantitative estimate of drug-likeness (QED) is 0.781. The van der Waals surface area contributed by atoms with Crippen molar-refractivity contribution in [3.8, 4) is 0 Å². The van der Waals surface area contributed by atoms with Crippen LogP contribution >= 0.6 is 11.6 Å². The van der Waals surface area contributed by atoms with E-state index in [1.807, 2.05) is 20.8 Å². The SMILES string of the molecule is CCCc1nc(Cl)c(C)c(NC(C)C(C)CO)n1. The Kier molecular flexibility index (Phi) is 5.82. The van der Waals surface area contributed by atoms with Crippen molar-refractivity contribution in [1.82, 2.24) is 9.97 Å². The van der Waals surface area contributed by atoms with Crippen LogP contribution in [-0.2, 0) is 6.42 Å². The van der Waals surface area contributed by atoms with Crippen molar-refractivity contribution in [2.24, 2.45) is 5.92 Å². The molecule has 0 aliphatic carbocycles. The summed E-state index contributed by atoms with van der Waals surface area (Å²) in [6.07, 6.45) is 1.81. The van der Waals surface area contributed by atoms with Crippen molar-refractivity contribution in [2.75, 3.05) is 11.9 Å². The number of aryl methyl sites for hydroxylation is 1. The fraction of sp³-hybridized carbons (Fsp3) is 0.692. The lowest BCUT2D eigenvalue weighted by molar-refractivity contribution is 0.226. The Bertz CT molecular complexity index is 398. The zero-order valence-corrected chi connectivity index (χ0v) is 12.3. The Morgan fingerprint density at radius 1 is 1.33 bits per heavy atom. The van der Waals surface area contributed by atoms with Crippen molar-refractivity contribution in [1.29, 1.82) is 0 Å². The second kappa shape index (κ2) is 6.90. The molecule has 0 radical (unpaired) electrons. The summed E-state index contributed by atoms with van der Waals surface area (Å²) in [6, 6.07) is 0.133. The second-order valence-corrected chi connectivity index (χ2v) is 5.11. The molecule has 0 spiro atoms. The topological polar surface area (TPSA) is 58.0 Å². The first-order valence-electron chi connectivity index (χ1n) is 6.40. The molecule has 2 N–H and O–H groups in total. The average molecular weight is 272 g/mol. The molecule has 1 aromatic rings. The number of hydrogen-bond acceptors (Lipinski definition) is 4. The summed E-state index contributed by atoms with van der Waals surface area (Å²) in [5, 5.41) is 13.0. The number of rotatable bonds is 6. The van der Waals surface area contributed by atoms with Crippen molar-refractivity contribution in [3.05, 3.63) is 16.5 Å². The number of nitrogens with zero attached hydrogens (tertiary/aromatic N) is 2. The standard InChI is InChI=1S/C13H22ClN3O/c1-5-6-11-16-12(14)9(3)13(17-11)15-10(4)8(2)7-18/h8,10,18H,5-7H2,1-4H3,(H,15,16,17).